The van der Waals surface area contributed by atoms with Gasteiger partial charge in [-0.15, -0.1) is 0 Å². The minimum atomic E-state index is -0.544. The van der Waals surface area contributed by atoms with Crippen molar-refractivity contribution < 1.29 is 14.0 Å². The summed E-state index contributed by atoms with van der Waals surface area (Å²) in [5, 5.41) is 5.72. The van der Waals surface area contributed by atoms with Crippen LogP contribution in [0.5, 0.6) is 0 Å². The topological polar surface area (TPSA) is 61.4 Å². The van der Waals surface area contributed by atoms with E-state index >= 15 is 0 Å². The molecule has 1 saturated carbocycles. The fourth-order valence-corrected chi connectivity index (χ4v) is 2.56. The van der Waals surface area contributed by atoms with E-state index in [1.165, 1.54) is 12.1 Å². The SMILES string of the molecule is O=C1CN([C@@H](C(=O)NC2CC2)c2ccc(F)cc2)CCN1. The Morgan fingerprint density at radius 1 is 1.33 bits per heavy atom. The molecule has 5 nitrogen and oxygen atoms in total. The van der Waals surface area contributed by atoms with Crippen molar-refractivity contribution in [2.75, 3.05) is 19.6 Å². The molecule has 1 heterocycles. The molecule has 2 N–H and O–H groups in total. The van der Waals surface area contributed by atoms with Crippen molar-refractivity contribution >= 4 is 11.8 Å². The minimum absolute atomic E-state index is 0.0902. The maximum atomic E-state index is 13.1. The number of amides is 2. The van der Waals surface area contributed by atoms with Crippen LogP contribution in [-0.4, -0.2) is 42.4 Å². The van der Waals surface area contributed by atoms with E-state index in [2.05, 4.69) is 10.6 Å². The molecule has 112 valence electrons. The molecular formula is C15H18FN3O2. The van der Waals surface area contributed by atoms with Crippen molar-refractivity contribution in [2.24, 2.45) is 0 Å². The van der Waals surface area contributed by atoms with Crippen LogP contribution in [0.3, 0.4) is 0 Å². The lowest BCUT2D eigenvalue weighted by atomic mass is 10.0. The number of benzene rings is 1. The molecule has 1 aromatic rings. The molecular weight excluding hydrogens is 273 g/mol. The van der Waals surface area contributed by atoms with Gasteiger partial charge >= 0.3 is 0 Å². The molecule has 2 aliphatic rings. The lowest BCUT2D eigenvalue weighted by Crippen LogP contribution is -2.52. The first kappa shape index (κ1) is 14.0. The summed E-state index contributed by atoms with van der Waals surface area (Å²) < 4.78 is 13.1. The summed E-state index contributed by atoms with van der Waals surface area (Å²) >= 11 is 0. The Hall–Kier alpha value is -1.95. The molecule has 2 amide bonds. The van der Waals surface area contributed by atoms with E-state index in [9.17, 15) is 14.0 Å². The third-order valence-corrected chi connectivity index (χ3v) is 3.79. The van der Waals surface area contributed by atoms with Gasteiger partial charge in [-0.05, 0) is 30.5 Å². The molecule has 1 aliphatic heterocycles. The number of halogens is 1. The Bertz CT molecular complexity index is 542. The summed E-state index contributed by atoms with van der Waals surface area (Å²) in [7, 11) is 0. The van der Waals surface area contributed by atoms with Gasteiger partial charge < -0.3 is 10.6 Å². The molecule has 2 fully saturated rings. The van der Waals surface area contributed by atoms with Crippen LogP contribution < -0.4 is 10.6 Å². The van der Waals surface area contributed by atoms with E-state index < -0.39 is 6.04 Å². The Balaban J connectivity index is 1.83. The number of piperazine rings is 1. The number of carbonyl (C=O) groups is 2. The van der Waals surface area contributed by atoms with Gasteiger partial charge in [-0.1, -0.05) is 12.1 Å². The zero-order valence-electron chi connectivity index (χ0n) is 11.6. The van der Waals surface area contributed by atoms with E-state index in [1.54, 1.807) is 12.1 Å². The van der Waals surface area contributed by atoms with Crippen molar-refractivity contribution in [3.05, 3.63) is 35.6 Å². The quantitative estimate of drug-likeness (QED) is 0.853. The van der Waals surface area contributed by atoms with Gasteiger partial charge in [-0.2, -0.15) is 0 Å². The number of nitrogens with zero attached hydrogens (tertiary/aromatic N) is 1. The van der Waals surface area contributed by atoms with Crippen LogP contribution in [0, 0.1) is 5.82 Å². The number of hydrogen-bond acceptors (Lipinski definition) is 3. The Morgan fingerprint density at radius 3 is 2.67 bits per heavy atom. The van der Waals surface area contributed by atoms with Gasteiger partial charge in [0.1, 0.15) is 11.9 Å². The number of carbonyl (C=O) groups excluding carboxylic acids is 2. The summed E-state index contributed by atoms with van der Waals surface area (Å²) in [5.74, 6) is -0.539. The molecule has 3 rings (SSSR count). The van der Waals surface area contributed by atoms with Crippen molar-refractivity contribution in [2.45, 2.75) is 24.9 Å². The summed E-state index contributed by atoms with van der Waals surface area (Å²) in [6, 6.07) is 5.61. The van der Waals surface area contributed by atoms with E-state index in [0.717, 1.165) is 12.8 Å². The van der Waals surface area contributed by atoms with Crippen molar-refractivity contribution in [1.29, 1.82) is 0 Å². The van der Waals surface area contributed by atoms with Crippen LogP contribution in [0.4, 0.5) is 4.39 Å². The first-order chi connectivity index (χ1) is 10.1. The molecule has 0 radical (unpaired) electrons. The van der Waals surface area contributed by atoms with Crippen LogP contribution in [0.2, 0.25) is 0 Å². The maximum absolute atomic E-state index is 13.1. The first-order valence-electron chi connectivity index (χ1n) is 7.20. The number of rotatable bonds is 4. The highest BCUT2D eigenvalue weighted by Crippen LogP contribution is 2.25. The lowest BCUT2D eigenvalue weighted by molar-refractivity contribution is -0.131. The number of nitrogens with one attached hydrogen (secondary N) is 2. The van der Waals surface area contributed by atoms with Gasteiger partial charge in [-0.3, -0.25) is 14.5 Å². The highest BCUT2D eigenvalue weighted by Gasteiger charge is 2.34. The van der Waals surface area contributed by atoms with Gasteiger partial charge in [0.25, 0.3) is 0 Å². The molecule has 1 atom stereocenters. The van der Waals surface area contributed by atoms with E-state index in [-0.39, 0.29) is 30.2 Å². The smallest absolute Gasteiger partial charge is 0.242 e. The fourth-order valence-electron chi connectivity index (χ4n) is 2.56. The summed E-state index contributed by atoms with van der Waals surface area (Å²) in [5.41, 5.74) is 0.712. The second kappa shape index (κ2) is 5.81. The van der Waals surface area contributed by atoms with E-state index in [1.807, 2.05) is 4.90 Å². The lowest BCUT2D eigenvalue weighted by Gasteiger charge is -2.33. The largest absolute Gasteiger partial charge is 0.354 e. The maximum Gasteiger partial charge on any atom is 0.242 e. The van der Waals surface area contributed by atoms with Gasteiger partial charge in [0.15, 0.2) is 0 Å². The minimum Gasteiger partial charge on any atom is -0.354 e. The molecule has 1 aromatic carbocycles. The monoisotopic (exact) mass is 291 g/mol. The Morgan fingerprint density at radius 2 is 2.05 bits per heavy atom. The number of hydrogen-bond donors (Lipinski definition) is 2. The Labute approximate surface area is 122 Å². The van der Waals surface area contributed by atoms with Crippen LogP contribution in [0.1, 0.15) is 24.4 Å². The molecule has 0 bridgehead atoms. The highest BCUT2D eigenvalue weighted by atomic mass is 19.1. The summed E-state index contributed by atoms with van der Waals surface area (Å²) in [6.45, 7) is 1.30. The second-order valence-electron chi connectivity index (χ2n) is 5.56. The van der Waals surface area contributed by atoms with E-state index in [0.29, 0.717) is 18.7 Å². The Kier molecular flexibility index (Phi) is 3.88. The molecule has 1 saturated heterocycles. The summed E-state index contributed by atoms with van der Waals surface area (Å²) in [6.07, 6.45) is 2.00. The highest BCUT2D eigenvalue weighted by molar-refractivity contribution is 5.85. The average Bonchev–Trinajstić information content (AvgIpc) is 3.25. The van der Waals surface area contributed by atoms with Gasteiger partial charge in [0, 0.05) is 19.1 Å². The van der Waals surface area contributed by atoms with Gasteiger partial charge in [-0.25, -0.2) is 4.39 Å². The fraction of sp³-hybridized carbons (Fsp3) is 0.467. The van der Waals surface area contributed by atoms with Crippen LogP contribution >= 0.6 is 0 Å². The van der Waals surface area contributed by atoms with Gasteiger partial charge in [0.05, 0.1) is 6.54 Å². The van der Waals surface area contributed by atoms with Crippen molar-refractivity contribution in [1.82, 2.24) is 15.5 Å². The van der Waals surface area contributed by atoms with Gasteiger partial charge in [0.2, 0.25) is 11.8 Å². The summed E-state index contributed by atoms with van der Waals surface area (Å²) in [4.78, 5) is 25.9. The van der Waals surface area contributed by atoms with Crippen molar-refractivity contribution in [3.63, 3.8) is 0 Å². The molecule has 1 aliphatic carbocycles. The molecule has 0 aromatic heterocycles. The third kappa shape index (κ3) is 3.39. The normalized spacial score (nSPS) is 20.7. The van der Waals surface area contributed by atoms with Crippen LogP contribution in [0.15, 0.2) is 24.3 Å². The predicted octanol–water partition coefficient (Wildman–Crippen LogP) is 0.577. The third-order valence-electron chi connectivity index (χ3n) is 3.79. The zero-order valence-corrected chi connectivity index (χ0v) is 11.6. The molecule has 0 spiro atoms. The standard InChI is InChI=1S/C15H18FN3O2/c16-11-3-1-10(2-4-11)14(15(21)18-12-5-6-12)19-8-7-17-13(20)9-19/h1-4,12,14H,5-9H2,(H,17,20)(H,18,21)/t14-/m1/s1. The van der Waals surface area contributed by atoms with Crippen LogP contribution in [0.25, 0.3) is 0 Å². The van der Waals surface area contributed by atoms with E-state index in [4.69, 9.17) is 0 Å². The van der Waals surface area contributed by atoms with Crippen molar-refractivity contribution in [3.8, 4) is 0 Å². The molecule has 6 heteroatoms. The average molecular weight is 291 g/mol. The molecule has 21 heavy (non-hydrogen) atoms. The zero-order chi connectivity index (χ0) is 14.8. The second-order valence-corrected chi connectivity index (χ2v) is 5.56. The molecule has 0 unspecified atom stereocenters. The van der Waals surface area contributed by atoms with Crippen LogP contribution in [-0.2, 0) is 9.59 Å². The predicted molar refractivity (Wildman–Crippen MR) is 74.9 cm³/mol. The first-order valence-corrected chi connectivity index (χ1v) is 7.20.